The zero-order chi connectivity index (χ0) is 15.7. The molecule has 0 aliphatic carbocycles. The van der Waals surface area contributed by atoms with Gasteiger partial charge in [-0.25, -0.2) is 4.79 Å². The first-order valence-electron chi connectivity index (χ1n) is 6.64. The van der Waals surface area contributed by atoms with E-state index >= 15 is 0 Å². The van der Waals surface area contributed by atoms with Gasteiger partial charge in [-0.3, -0.25) is 9.59 Å². The van der Waals surface area contributed by atoms with Gasteiger partial charge in [-0.05, 0) is 19.8 Å². The van der Waals surface area contributed by atoms with Crippen molar-refractivity contribution in [1.82, 2.24) is 10.2 Å². The Labute approximate surface area is 119 Å². The molecule has 0 radical (unpaired) electrons. The summed E-state index contributed by atoms with van der Waals surface area (Å²) in [5, 5.41) is 11.4. The topological polar surface area (TPSA) is 95.9 Å². The third-order valence-corrected chi connectivity index (χ3v) is 2.99. The standard InChI is InChI=1S/C13H24N2O5/c1-5-10(6-11(16)17)7-14-13(19)15(9(2)3)8-12(18)20-4/h9-10H,5-8H2,1-4H3,(H,14,19)(H,16,17). The molecule has 2 amide bonds. The van der Waals surface area contributed by atoms with Crippen molar-refractivity contribution in [2.75, 3.05) is 20.2 Å². The number of aliphatic carboxylic acids is 1. The molecule has 0 heterocycles. The molecule has 7 nitrogen and oxygen atoms in total. The van der Waals surface area contributed by atoms with Crippen molar-refractivity contribution in [3.63, 3.8) is 0 Å². The zero-order valence-electron chi connectivity index (χ0n) is 12.5. The number of urea groups is 1. The largest absolute Gasteiger partial charge is 0.481 e. The lowest BCUT2D eigenvalue weighted by Gasteiger charge is -2.26. The fraction of sp³-hybridized carbons (Fsp3) is 0.769. The summed E-state index contributed by atoms with van der Waals surface area (Å²) < 4.78 is 4.54. The van der Waals surface area contributed by atoms with Gasteiger partial charge in [-0.1, -0.05) is 13.3 Å². The molecule has 116 valence electrons. The van der Waals surface area contributed by atoms with Crippen molar-refractivity contribution in [2.24, 2.45) is 5.92 Å². The lowest BCUT2D eigenvalue weighted by atomic mass is 10.0. The number of carboxylic acid groups (broad SMARTS) is 1. The number of hydrogen-bond donors (Lipinski definition) is 2. The van der Waals surface area contributed by atoms with Crippen LogP contribution in [0.1, 0.15) is 33.6 Å². The van der Waals surface area contributed by atoms with Crippen LogP contribution in [0, 0.1) is 5.92 Å². The number of ether oxygens (including phenoxy) is 1. The second-order valence-electron chi connectivity index (χ2n) is 4.86. The van der Waals surface area contributed by atoms with Crippen LogP contribution in [0.3, 0.4) is 0 Å². The molecule has 0 saturated heterocycles. The second-order valence-corrected chi connectivity index (χ2v) is 4.86. The fourth-order valence-corrected chi connectivity index (χ4v) is 1.63. The van der Waals surface area contributed by atoms with Crippen LogP contribution in [0.5, 0.6) is 0 Å². The van der Waals surface area contributed by atoms with Crippen molar-refractivity contribution in [3.05, 3.63) is 0 Å². The SMILES string of the molecule is CCC(CNC(=O)N(CC(=O)OC)C(C)C)CC(=O)O. The second kappa shape index (κ2) is 9.17. The molecule has 0 fully saturated rings. The monoisotopic (exact) mass is 288 g/mol. The Balaban J connectivity index is 4.45. The van der Waals surface area contributed by atoms with Crippen LogP contribution in [0.15, 0.2) is 0 Å². The van der Waals surface area contributed by atoms with E-state index in [-0.39, 0.29) is 31.5 Å². The minimum Gasteiger partial charge on any atom is -0.481 e. The number of carbonyl (C=O) groups is 3. The molecule has 0 rings (SSSR count). The number of esters is 1. The number of carboxylic acids is 1. The fourth-order valence-electron chi connectivity index (χ4n) is 1.63. The first-order chi connectivity index (χ1) is 9.31. The Kier molecular flexibility index (Phi) is 8.35. The van der Waals surface area contributed by atoms with Crippen LogP contribution < -0.4 is 5.32 Å². The Morgan fingerprint density at radius 1 is 1.30 bits per heavy atom. The van der Waals surface area contributed by atoms with Crippen molar-refractivity contribution >= 4 is 18.0 Å². The van der Waals surface area contributed by atoms with Crippen LogP contribution >= 0.6 is 0 Å². The maximum atomic E-state index is 12.0. The van der Waals surface area contributed by atoms with Crippen molar-refractivity contribution in [3.8, 4) is 0 Å². The Hall–Kier alpha value is -1.79. The zero-order valence-corrected chi connectivity index (χ0v) is 12.5. The van der Waals surface area contributed by atoms with Crippen molar-refractivity contribution in [1.29, 1.82) is 0 Å². The number of methoxy groups -OCH3 is 1. The van der Waals surface area contributed by atoms with Crippen LogP contribution in [-0.4, -0.2) is 54.2 Å². The van der Waals surface area contributed by atoms with E-state index in [1.165, 1.54) is 12.0 Å². The highest BCUT2D eigenvalue weighted by molar-refractivity contribution is 5.81. The van der Waals surface area contributed by atoms with Crippen LogP contribution in [-0.2, 0) is 14.3 Å². The molecule has 0 aliphatic rings. The van der Waals surface area contributed by atoms with E-state index in [2.05, 4.69) is 10.1 Å². The van der Waals surface area contributed by atoms with Crippen LogP contribution in [0.4, 0.5) is 4.79 Å². The highest BCUT2D eigenvalue weighted by Crippen LogP contribution is 2.07. The number of hydrogen-bond acceptors (Lipinski definition) is 4. The van der Waals surface area contributed by atoms with Crippen LogP contribution in [0.25, 0.3) is 0 Å². The van der Waals surface area contributed by atoms with Gasteiger partial charge in [0.2, 0.25) is 0 Å². The normalized spacial score (nSPS) is 11.8. The molecule has 0 aromatic heterocycles. The first kappa shape index (κ1) is 18.2. The van der Waals surface area contributed by atoms with Gasteiger partial charge in [0.15, 0.2) is 0 Å². The van der Waals surface area contributed by atoms with E-state index in [9.17, 15) is 14.4 Å². The summed E-state index contributed by atoms with van der Waals surface area (Å²) in [7, 11) is 1.26. The predicted octanol–water partition coefficient (Wildman–Crippen LogP) is 1.08. The van der Waals surface area contributed by atoms with E-state index in [1.54, 1.807) is 13.8 Å². The highest BCUT2D eigenvalue weighted by Gasteiger charge is 2.21. The van der Waals surface area contributed by atoms with Gasteiger partial charge < -0.3 is 20.1 Å². The summed E-state index contributed by atoms with van der Waals surface area (Å²) in [4.78, 5) is 35.3. The quantitative estimate of drug-likeness (QED) is 0.652. The van der Waals surface area contributed by atoms with Crippen LogP contribution in [0.2, 0.25) is 0 Å². The van der Waals surface area contributed by atoms with Gasteiger partial charge in [0.05, 0.1) is 7.11 Å². The Morgan fingerprint density at radius 2 is 1.90 bits per heavy atom. The van der Waals surface area contributed by atoms with Gasteiger partial charge >= 0.3 is 18.0 Å². The molecule has 1 atom stereocenters. The maximum Gasteiger partial charge on any atom is 0.325 e. The molecule has 7 heteroatoms. The number of rotatable bonds is 8. The maximum absolute atomic E-state index is 12.0. The van der Waals surface area contributed by atoms with E-state index in [1.807, 2.05) is 6.92 Å². The predicted molar refractivity (Wildman–Crippen MR) is 73.3 cm³/mol. The molecule has 2 N–H and O–H groups in total. The molecular weight excluding hydrogens is 264 g/mol. The molecule has 0 aromatic rings. The lowest BCUT2D eigenvalue weighted by molar-refractivity contribution is -0.141. The number of amides is 2. The van der Waals surface area contributed by atoms with E-state index in [0.29, 0.717) is 6.42 Å². The first-order valence-corrected chi connectivity index (χ1v) is 6.64. The lowest BCUT2D eigenvalue weighted by Crippen LogP contribution is -2.47. The summed E-state index contributed by atoms with van der Waals surface area (Å²) in [5.74, 6) is -1.50. The van der Waals surface area contributed by atoms with E-state index in [0.717, 1.165) is 0 Å². The molecule has 0 aliphatic heterocycles. The third kappa shape index (κ3) is 6.96. The van der Waals surface area contributed by atoms with Crippen molar-refractivity contribution in [2.45, 2.75) is 39.7 Å². The Bertz CT molecular complexity index is 344. The van der Waals surface area contributed by atoms with Gasteiger partial charge in [0.25, 0.3) is 0 Å². The highest BCUT2D eigenvalue weighted by atomic mass is 16.5. The van der Waals surface area contributed by atoms with E-state index < -0.39 is 18.0 Å². The number of nitrogens with one attached hydrogen (secondary N) is 1. The minimum absolute atomic E-state index is 0.00939. The number of carbonyl (C=O) groups excluding carboxylic acids is 2. The minimum atomic E-state index is -0.888. The molecular formula is C13H24N2O5. The summed E-state index contributed by atoms with van der Waals surface area (Å²) in [6.07, 6.45) is 0.667. The van der Waals surface area contributed by atoms with Gasteiger partial charge in [0.1, 0.15) is 6.54 Å². The average Bonchev–Trinajstić information content (AvgIpc) is 2.39. The summed E-state index contributed by atoms with van der Waals surface area (Å²) in [5.41, 5.74) is 0. The molecule has 0 aromatic carbocycles. The molecule has 20 heavy (non-hydrogen) atoms. The average molecular weight is 288 g/mol. The molecule has 1 unspecified atom stereocenters. The third-order valence-electron chi connectivity index (χ3n) is 2.99. The van der Waals surface area contributed by atoms with E-state index in [4.69, 9.17) is 5.11 Å². The van der Waals surface area contributed by atoms with Gasteiger partial charge in [-0.2, -0.15) is 0 Å². The Morgan fingerprint density at radius 3 is 2.30 bits per heavy atom. The summed E-state index contributed by atoms with van der Waals surface area (Å²) in [6.45, 7) is 5.59. The molecule has 0 spiro atoms. The summed E-state index contributed by atoms with van der Waals surface area (Å²) >= 11 is 0. The number of nitrogens with zero attached hydrogens (tertiary/aromatic N) is 1. The smallest absolute Gasteiger partial charge is 0.325 e. The van der Waals surface area contributed by atoms with Gasteiger partial charge in [0, 0.05) is 19.0 Å². The van der Waals surface area contributed by atoms with Gasteiger partial charge in [-0.15, -0.1) is 0 Å². The van der Waals surface area contributed by atoms with Crippen molar-refractivity contribution < 1.29 is 24.2 Å². The molecule has 0 saturated carbocycles. The summed E-state index contributed by atoms with van der Waals surface area (Å²) in [6, 6.07) is -0.553. The molecule has 0 bridgehead atoms.